The first-order valence-electron chi connectivity index (χ1n) is 4.32. The van der Waals surface area contributed by atoms with E-state index in [0.29, 0.717) is 9.88 Å². The van der Waals surface area contributed by atoms with Crippen molar-refractivity contribution in [3.63, 3.8) is 0 Å². The maximum atomic E-state index is 12.5. The molecule has 0 fully saturated rings. The van der Waals surface area contributed by atoms with Crippen molar-refractivity contribution in [2.45, 2.75) is 13.3 Å². The van der Waals surface area contributed by atoms with Crippen LogP contribution in [0.4, 0.5) is 8.78 Å². The average Bonchev–Trinajstić information content (AvgIpc) is 2.71. The first kappa shape index (κ1) is 10.2. The van der Waals surface area contributed by atoms with Gasteiger partial charge in [-0.2, -0.15) is 5.10 Å². The predicted octanol–water partition coefficient (Wildman–Crippen LogP) is 2.79. The van der Waals surface area contributed by atoms with Gasteiger partial charge in [-0.1, -0.05) is 0 Å². The third-order valence-corrected chi connectivity index (χ3v) is 3.03. The fourth-order valence-electron chi connectivity index (χ4n) is 1.27. The summed E-state index contributed by atoms with van der Waals surface area (Å²) in [6.45, 7) is 1.65. The number of rotatable bonds is 2. The Labute approximate surface area is 89.4 Å². The zero-order chi connectivity index (χ0) is 11.0. The van der Waals surface area contributed by atoms with E-state index in [-0.39, 0.29) is 5.69 Å². The van der Waals surface area contributed by atoms with Crippen LogP contribution in [-0.4, -0.2) is 14.8 Å². The topological polar surface area (TPSA) is 30.7 Å². The summed E-state index contributed by atoms with van der Waals surface area (Å²) >= 11 is 1.26. The summed E-state index contributed by atoms with van der Waals surface area (Å²) in [5.41, 5.74) is 0.649. The molecule has 3 nitrogen and oxygen atoms in total. The molecule has 0 atom stereocenters. The Hall–Kier alpha value is -1.30. The van der Waals surface area contributed by atoms with E-state index in [1.165, 1.54) is 11.3 Å². The van der Waals surface area contributed by atoms with E-state index in [0.717, 1.165) is 5.56 Å². The van der Waals surface area contributed by atoms with E-state index >= 15 is 0 Å². The molecule has 80 valence electrons. The summed E-state index contributed by atoms with van der Waals surface area (Å²) in [6, 6.07) is 0. The molecule has 0 aliphatic rings. The predicted molar refractivity (Wildman–Crippen MR) is 54.0 cm³/mol. The van der Waals surface area contributed by atoms with Crippen molar-refractivity contribution >= 4 is 11.3 Å². The van der Waals surface area contributed by atoms with Gasteiger partial charge < -0.3 is 0 Å². The highest BCUT2D eigenvalue weighted by atomic mass is 32.1. The molecule has 0 aliphatic heterocycles. The Balaban J connectivity index is 2.42. The minimum Gasteiger partial charge on any atom is -0.275 e. The van der Waals surface area contributed by atoms with E-state index in [1.54, 1.807) is 31.0 Å². The molecule has 2 rings (SSSR count). The largest absolute Gasteiger partial charge is 0.281 e. The van der Waals surface area contributed by atoms with Gasteiger partial charge >= 0.3 is 0 Å². The number of aromatic nitrogens is 3. The highest BCUT2D eigenvalue weighted by Gasteiger charge is 2.17. The number of alkyl halides is 2. The number of hydrogen-bond acceptors (Lipinski definition) is 3. The molecule has 6 heteroatoms. The molecule has 0 aromatic carbocycles. The lowest BCUT2D eigenvalue weighted by Gasteiger charge is -1.92. The monoisotopic (exact) mass is 229 g/mol. The summed E-state index contributed by atoms with van der Waals surface area (Å²) in [6.07, 6.45) is 0.868. The van der Waals surface area contributed by atoms with Gasteiger partial charge in [0, 0.05) is 23.7 Å². The van der Waals surface area contributed by atoms with Crippen LogP contribution in [0.5, 0.6) is 0 Å². The smallest absolute Gasteiger partial charge is 0.275 e. The summed E-state index contributed by atoms with van der Waals surface area (Å²) in [5, 5.41) is 4.57. The minimum atomic E-state index is -2.51. The Bertz CT molecular complexity index is 475. The SMILES string of the molecule is Cc1sc(-c2cnn(C)c2)nc1C(F)F. The lowest BCUT2D eigenvalue weighted by molar-refractivity contribution is 0.146. The van der Waals surface area contributed by atoms with E-state index in [1.807, 2.05) is 0 Å². The molecule has 0 saturated heterocycles. The van der Waals surface area contributed by atoms with Crippen LogP contribution in [0.3, 0.4) is 0 Å². The van der Waals surface area contributed by atoms with Crippen LogP contribution in [0.25, 0.3) is 10.6 Å². The van der Waals surface area contributed by atoms with Crippen LogP contribution in [0, 0.1) is 6.92 Å². The number of hydrogen-bond donors (Lipinski definition) is 0. The highest BCUT2D eigenvalue weighted by Crippen LogP contribution is 2.31. The summed E-state index contributed by atoms with van der Waals surface area (Å²) in [5.74, 6) is 0. The number of nitrogens with zero attached hydrogens (tertiary/aromatic N) is 3. The Kier molecular flexibility index (Phi) is 2.52. The molecule has 2 heterocycles. The molecular formula is C9H9F2N3S. The fourth-order valence-corrected chi connectivity index (χ4v) is 2.16. The van der Waals surface area contributed by atoms with Gasteiger partial charge in [-0.05, 0) is 6.92 Å². The Morgan fingerprint density at radius 3 is 2.67 bits per heavy atom. The standard InChI is InChI=1S/C9H9F2N3S/c1-5-7(8(10)11)13-9(15-5)6-3-12-14(2)4-6/h3-4,8H,1-2H3. The molecule has 2 aromatic heterocycles. The van der Waals surface area contributed by atoms with Gasteiger partial charge in [0.15, 0.2) is 0 Å². The van der Waals surface area contributed by atoms with Gasteiger partial charge in [0.1, 0.15) is 10.7 Å². The van der Waals surface area contributed by atoms with Gasteiger partial charge in [-0.3, -0.25) is 4.68 Å². The fraction of sp³-hybridized carbons (Fsp3) is 0.333. The zero-order valence-electron chi connectivity index (χ0n) is 8.24. The van der Waals surface area contributed by atoms with Crippen molar-refractivity contribution in [2.75, 3.05) is 0 Å². The minimum absolute atomic E-state index is 0.126. The quantitative estimate of drug-likeness (QED) is 0.792. The van der Waals surface area contributed by atoms with E-state index in [2.05, 4.69) is 10.1 Å². The Morgan fingerprint density at radius 1 is 1.47 bits per heavy atom. The first-order chi connectivity index (χ1) is 7.08. The van der Waals surface area contributed by atoms with Crippen LogP contribution in [0.1, 0.15) is 17.0 Å². The number of thiazole rings is 1. The zero-order valence-corrected chi connectivity index (χ0v) is 9.05. The van der Waals surface area contributed by atoms with Crippen LogP contribution in [0.15, 0.2) is 12.4 Å². The van der Waals surface area contributed by atoms with E-state index in [9.17, 15) is 8.78 Å². The summed E-state index contributed by atoms with van der Waals surface area (Å²) in [7, 11) is 1.78. The highest BCUT2D eigenvalue weighted by molar-refractivity contribution is 7.15. The molecule has 0 N–H and O–H groups in total. The van der Waals surface area contributed by atoms with Gasteiger partial charge in [-0.15, -0.1) is 11.3 Å². The van der Waals surface area contributed by atoms with Crippen LogP contribution < -0.4 is 0 Å². The van der Waals surface area contributed by atoms with Crippen molar-refractivity contribution in [3.05, 3.63) is 23.0 Å². The summed E-state index contributed by atoms with van der Waals surface area (Å²) in [4.78, 5) is 4.47. The van der Waals surface area contributed by atoms with Gasteiger partial charge in [-0.25, -0.2) is 13.8 Å². The van der Waals surface area contributed by atoms with Crippen molar-refractivity contribution in [1.82, 2.24) is 14.8 Å². The van der Waals surface area contributed by atoms with Crippen molar-refractivity contribution in [2.24, 2.45) is 7.05 Å². The molecule has 0 aliphatic carbocycles. The summed E-state index contributed by atoms with van der Waals surface area (Å²) < 4.78 is 26.6. The number of halogens is 2. The third-order valence-electron chi connectivity index (χ3n) is 1.99. The molecule has 0 spiro atoms. The van der Waals surface area contributed by atoms with Crippen molar-refractivity contribution in [3.8, 4) is 10.6 Å². The first-order valence-corrected chi connectivity index (χ1v) is 5.14. The van der Waals surface area contributed by atoms with Crippen LogP contribution in [0.2, 0.25) is 0 Å². The van der Waals surface area contributed by atoms with Gasteiger partial charge in [0.2, 0.25) is 0 Å². The second-order valence-corrected chi connectivity index (χ2v) is 4.37. The third kappa shape index (κ3) is 1.90. The van der Waals surface area contributed by atoms with Crippen LogP contribution >= 0.6 is 11.3 Å². The Morgan fingerprint density at radius 2 is 2.20 bits per heavy atom. The molecule has 0 bridgehead atoms. The number of aryl methyl sites for hydroxylation is 2. The second kappa shape index (κ2) is 3.69. The maximum Gasteiger partial charge on any atom is 0.281 e. The normalized spacial score (nSPS) is 11.3. The van der Waals surface area contributed by atoms with Crippen molar-refractivity contribution < 1.29 is 8.78 Å². The maximum absolute atomic E-state index is 12.5. The average molecular weight is 229 g/mol. The molecule has 0 amide bonds. The van der Waals surface area contributed by atoms with Crippen LogP contribution in [-0.2, 0) is 7.05 Å². The van der Waals surface area contributed by atoms with Crippen molar-refractivity contribution in [1.29, 1.82) is 0 Å². The molecule has 0 saturated carbocycles. The second-order valence-electron chi connectivity index (χ2n) is 3.16. The van der Waals surface area contributed by atoms with E-state index in [4.69, 9.17) is 0 Å². The molecule has 15 heavy (non-hydrogen) atoms. The lowest BCUT2D eigenvalue weighted by atomic mass is 10.3. The lowest BCUT2D eigenvalue weighted by Crippen LogP contribution is -1.86. The molecule has 2 aromatic rings. The van der Waals surface area contributed by atoms with Gasteiger partial charge in [0.05, 0.1) is 6.20 Å². The molecular weight excluding hydrogens is 220 g/mol. The van der Waals surface area contributed by atoms with Gasteiger partial charge in [0.25, 0.3) is 6.43 Å². The molecule has 0 radical (unpaired) electrons. The van der Waals surface area contributed by atoms with E-state index < -0.39 is 6.43 Å². The molecule has 0 unspecified atom stereocenters.